The highest BCUT2D eigenvalue weighted by Gasteiger charge is 2.24. The first-order chi connectivity index (χ1) is 16.0. The summed E-state index contributed by atoms with van der Waals surface area (Å²) in [5.74, 6) is 0.322. The average Bonchev–Trinajstić information content (AvgIpc) is 3.16. The summed E-state index contributed by atoms with van der Waals surface area (Å²) in [5.41, 5.74) is 2.87. The highest BCUT2D eigenvalue weighted by atomic mass is 19.1. The summed E-state index contributed by atoms with van der Waals surface area (Å²) >= 11 is 0. The molecule has 1 aliphatic rings. The van der Waals surface area contributed by atoms with Crippen molar-refractivity contribution < 1.29 is 13.9 Å². The fourth-order valence-corrected chi connectivity index (χ4v) is 3.95. The van der Waals surface area contributed by atoms with Gasteiger partial charge in [-0.2, -0.15) is 5.10 Å². The number of carbonyl (C=O) groups is 1. The number of benzene rings is 2. The molecule has 1 saturated heterocycles. The summed E-state index contributed by atoms with van der Waals surface area (Å²) in [6.07, 6.45) is 3.95. The standard InChI is InChI=1S/C25H24FN5O2/c1-3-15-8-17(9-21(26)24(15)25(32)30-18-13-27-14-18)22-10-20(6-7-28-22)33-19-5-4-16-12-29-31(2)23(16)11-19/h4-12,18,27H,3,13-14H2,1-2H3,(H,30,32). The van der Waals surface area contributed by atoms with Crippen LogP contribution in [0.25, 0.3) is 22.2 Å². The number of nitrogens with one attached hydrogen (secondary N) is 2. The first-order valence-corrected chi connectivity index (χ1v) is 10.9. The number of hydrogen-bond donors (Lipinski definition) is 2. The van der Waals surface area contributed by atoms with Gasteiger partial charge in [-0.25, -0.2) is 4.39 Å². The molecule has 2 aromatic carbocycles. The van der Waals surface area contributed by atoms with E-state index in [1.54, 1.807) is 29.2 Å². The Balaban J connectivity index is 1.43. The third-order valence-electron chi connectivity index (χ3n) is 5.88. The SMILES string of the molecule is CCc1cc(-c2cc(Oc3ccc4cnn(C)c4c3)ccn2)cc(F)c1C(=O)NC1CNC1. The predicted molar refractivity (Wildman–Crippen MR) is 124 cm³/mol. The number of nitrogens with zero attached hydrogens (tertiary/aromatic N) is 3. The molecule has 2 aromatic heterocycles. The van der Waals surface area contributed by atoms with Crippen LogP contribution < -0.4 is 15.4 Å². The molecule has 0 atom stereocenters. The number of amides is 1. The van der Waals surface area contributed by atoms with Crippen molar-refractivity contribution >= 4 is 16.8 Å². The molecule has 4 aromatic rings. The number of pyridine rings is 1. The van der Waals surface area contributed by atoms with Crippen LogP contribution in [0.15, 0.2) is 54.9 Å². The van der Waals surface area contributed by atoms with E-state index in [-0.39, 0.29) is 17.5 Å². The summed E-state index contributed by atoms with van der Waals surface area (Å²) in [6, 6.07) is 12.5. The number of aryl methyl sites for hydroxylation is 2. The molecule has 8 heteroatoms. The highest BCUT2D eigenvalue weighted by Crippen LogP contribution is 2.30. The van der Waals surface area contributed by atoms with Crippen molar-refractivity contribution in [3.8, 4) is 22.8 Å². The fraction of sp³-hybridized carbons (Fsp3) is 0.240. The zero-order chi connectivity index (χ0) is 22.9. The van der Waals surface area contributed by atoms with Crippen molar-refractivity contribution in [2.24, 2.45) is 7.05 Å². The molecule has 1 amide bonds. The van der Waals surface area contributed by atoms with Gasteiger partial charge < -0.3 is 15.4 Å². The second-order valence-electron chi connectivity index (χ2n) is 8.14. The summed E-state index contributed by atoms with van der Waals surface area (Å²) in [4.78, 5) is 17.0. The quantitative estimate of drug-likeness (QED) is 0.472. The predicted octanol–water partition coefficient (Wildman–Crippen LogP) is 3.83. The summed E-state index contributed by atoms with van der Waals surface area (Å²) < 4.78 is 22.9. The number of fused-ring (bicyclic) bond motifs is 1. The number of halogens is 1. The molecule has 168 valence electrons. The first-order valence-electron chi connectivity index (χ1n) is 10.9. The van der Waals surface area contributed by atoms with Gasteiger partial charge in [0.2, 0.25) is 0 Å². The van der Waals surface area contributed by atoms with Crippen LogP contribution in [0.5, 0.6) is 11.5 Å². The number of carbonyl (C=O) groups excluding carboxylic acids is 1. The zero-order valence-electron chi connectivity index (χ0n) is 18.4. The van der Waals surface area contributed by atoms with Crippen molar-refractivity contribution in [2.45, 2.75) is 19.4 Å². The van der Waals surface area contributed by atoms with Crippen molar-refractivity contribution in [2.75, 3.05) is 13.1 Å². The van der Waals surface area contributed by atoms with Crippen LogP contribution in [0.4, 0.5) is 4.39 Å². The Kier molecular flexibility index (Phi) is 5.51. The molecule has 1 aliphatic heterocycles. The molecule has 3 heterocycles. The van der Waals surface area contributed by atoms with E-state index in [0.717, 1.165) is 10.9 Å². The largest absolute Gasteiger partial charge is 0.457 e. The molecule has 0 aliphatic carbocycles. The third-order valence-corrected chi connectivity index (χ3v) is 5.88. The van der Waals surface area contributed by atoms with E-state index in [1.807, 2.05) is 38.2 Å². The molecule has 2 N–H and O–H groups in total. The van der Waals surface area contributed by atoms with E-state index in [4.69, 9.17) is 4.74 Å². The number of aromatic nitrogens is 3. The van der Waals surface area contributed by atoms with Crippen LogP contribution in [-0.4, -0.2) is 39.8 Å². The van der Waals surface area contributed by atoms with Gasteiger partial charge in [-0.15, -0.1) is 0 Å². The smallest absolute Gasteiger partial charge is 0.254 e. The second-order valence-corrected chi connectivity index (χ2v) is 8.14. The topological polar surface area (TPSA) is 81.1 Å². The normalized spacial score (nSPS) is 13.7. The van der Waals surface area contributed by atoms with Crippen LogP contribution in [-0.2, 0) is 13.5 Å². The Labute approximate surface area is 190 Å². The van der Waals surface area contributed by atoms with Crippen molar-refractivity contribution in [1.29, 1.82) is 0 Å². The Morgan fingerprint density at radius 1 is 1.21 bits per heavy atom. The lowest BCUT2D eigenvalue weighted by molar-refractivity contribution is 0.0919. The number of ether oxygens (including phenoxy) is 1. The van der Waals surface area contributed by atoms with E-state index in [2.05, 4.69) is 20.7 Å². The van der Waals surface area contributed by atoms with Gasteiger partial charge in [-0.3, -0.25) is 14.5 Å². The lowest BCUT2D eigenvalue weighted by Crippen LogP contribution is -2.57. The van der Waals surface area contributed by atoms with E-state index >= 15 is 4.39 Å². The van der Waals surface area contributed by atoms with Crippen LogP contribution in [0.1, 0.15) is 22.8 Å². The molecule has 0 saturated carbocycles. The van der Waals surface area contributed by atoms with Crippen molar-refractivity contribution in [3.63, 3.8) is 0 Å². The van der Waals surface area contributed by atoms with Gasteiger partial charge in [-0.1, -0.05) is 6.92 Å². The number of hydrogen-bond acceptors (Lipinski definition) is 5. The van der Waals surface area contributed by atoms with Gasteiger partial charge in [0.15, 0.2) is 0 Å². The maximum atomic E-state index is 15.1. The molecule has 5 rings (SSSR count). The van der Waals surface area contributed by atoms with Gasteiger partial charge in [0.05, 0.1) is 29.0 Å². The van der Waals surface area contributed by atoms with Gasteiger partial charge in [0.1, 0.15) is 17.3 Å². The summed E-state index contributed by atoms with van der Waals surface area (Å²) in [5, 5.41) is 11.2. The van der Waals surface area contributed by atoms with Crippen molar-refractivity contribution in [3.05, 3.63) is 71.8 Å². The number of rotatable bonds is 6. The maximum Gasteiger partial charge on any atom is 0.254 e. The molecular weight excluding hydrogens is 421 g/mol. The van der Waals surface area contributed by atoms with Crippen molar-refractivity contribution in [1.82, 2.24) is 25.4 Å². The highest BCUT2D eigenvalue weighted by molar-refractivity contribution is 5.97. The Bertz CT molecular complexity index is 1350. The zero-order valence-corrected chi connectivity index (χ0v) is 18.4. The van der Waals surface area contributed by atoms with Gasteiger partial charge in [-0.05, 0) is 42.3 Å². The molecule has 0 spiro atoms. The minimum Gasteiger partial charge on any atom is -0.457 e. The van der Waals surface area contributed by atoms with Gasteiger partial charge in [0.25, 0.3) is 5.91 Å². The van der Waals surface area contributed by atoms with E-state index < -0.39 is 5.82 Å². The minimum atomic E-state index is -0.552. The van der Waals surface area contributed by atoms with Gasteiger partial charge in [0, 0.05) is 49.4 Å². The van der Waals surface area contributed by atoms with E-state index in [9.17, 15) is 4.79 Å². The van der Waals surface area contributed by atoms with Crippen LogP contribution in [0.2, 0.25) is 0 Å². The lowest BCUT2D eigenvalue weighted by Gasteiger charge is -2.28. The molecular formula is C25H24FN5O2. The fourth-order valence-electron chi connectivity index (χ4n) is 3.95. The monoisotopic (exact) mass is 445 g/mol. The molecule has 1 fully saturated rings. The minimum absolute atomic E-state index is 0.0438. The Morgan fingerprint density at radius 3 is 2.79 bits per heavy atom. The average molecular weight is 445 g/mol. The molecule has 0 radical (unpaired) electrons. The first kappa shape index (κ1) is 21.1. The lowest BCUT2D eigenvalue weighted by atomic mass is 9.98. The van der Waals surface area contributed by atoms with E-state index in [0.29, 0.717) is 47.8 Å². The van der Waals surface area contributed by atoms with Crippen LogP contribution in [0, 0.1) is 5.82 Å². The summed E-state index contributed by atoms with van der Waals surface area (Å²) in [6.45, 7) is 3.32. The molecule has 0 unspecified atom stereocenters. The van der Waals surface area contributed by atoms with Crippen LogP contribution in [0.3, 0.4) is 0 Å². The van der Waals surface area contributed by atoms with Crippen LogP contribution >= 0.6 is 0 Å². The summed E-state index contributed by atoms with van der Waals surface area (Å²) in [7, 11) is 1.88. The maximum absolute atomic E-state index is 15.1. The Morgan fingerprint density at radius 2 is 2.03 bits per heavy atom. The Hall–Kier alpha value is -3.78. The molecule has 33 heavy (non-hydrogen) atoms. The second kappa shape index (κ2) is 8.63. The molecule has 7 nitrogen and oxygen atoms in total. The third kappa shape index (κ3) is 4.17. The van der Waals surface area contributed by atoms with Gasteiger partial charge >= 0.3 is 0 Å². The van der Waals surface area contributed by atoms with E-state index in [1.165, 1.54) is 6.07 Å². The molecule has 0 bridgehead atoms.